The lowest BCUT2D eigenvalue weighted by atomic mass is 9.81. The number of piperidine rings is 1. The van der Waals surface area contributed by atoms with Crippen LogP contribution in [0.25, 0.3) is 11.3 Å². The first-order valence-corrected chi connectivity index (χ1v) is 11.3. The van der Waals surface area contributed by atoms with Gasteiger partial charge in [0.25, 0.3) is 5.91 Å². The van der Waals surface area contributed by atoms with Crippen molar-refractivity contribution in [3.05, 3.63) is 65.4 Å². The molecule has 1 aromatic heterocycles. The van der Waals surface area contributed by atoms with Crippen LogP contribution in [0.1, 0.15) is 48.2 Å². The van der Waals surface area contributed by atoms with Gasteiger partial charge in [0, 0.05) is 56.1 Å². The molecule has 1 spiro atoms. The van der Waals surface area contributed by atoms with E-state index in [1.807, 2.05) is 59.2 Å². The van der Waals surface area contributed by atoms with E-state index in [0.29, 0.717) is 18.7 Å². The van der Waals surface area contributed by atoms with Gasteiger partial charge in [-0.2, -0.15) is 5.10 Å². The average molecular weight is 430 g/mol. The lowest BCUT2D eigenvalue weighted by Crippen LogP contribution is -2.49. The van der Waals surface area contributed by atoms with Gasteiger partial charge in [-0.1, -0.05) is 18.2 Å². The molecule has 0 atom stereocenters. The molecular weight excluding hydrogens is 402 g/mol. The van der Waals surface area contributed by atoms with Crippen LogP contribution in [0.5, 0.6) is 11.5 Å². The van der Waals surface area contributed by atoms with Crippen molar-refractivity contribution in [1.29, 1.82) is 0 Å². The van der Waals surface area contributed by atoms with Gasteiger partial charge < -0.3 is 14.4 Å². The summed E-state index contributed by atoms with van der Waals surface area (Å²) in [4.78, 5) is 15.2. The first-order valence-electron chi connectivity index (χ1n) is 11.3. The van der Waals surface area contributed by atoms with E-state index >= 15 is 0 Å². The predicted molar refractivity (Wildman–Crippen MR) is 121 cm³/mol. The zero-order chi connectivity index (χ0) is 22.1. The minimum Gasteiger partial charge on any atom is -0.487 e. The molecule has 0 bridgehead atoms. The molecule has 3 aliphatic heterocycles. The van der Waals surface area contributed by atoms with E-state index in [4.69, 9.17) is 9.47 Å². The summed E-state index contributed by atoms with van der Waals surface area (Å²) in [6.07, 6.45) is 4.28. The number of carbonyl (C=O) groups is 1. The van der Waals surface area contributed by atoms with Crippen LogP contribution in [0.2, 0.25) is 0 Å². The van der Waals surface area contributed by atoms with Crippen molar-refractivity contribution >= 4 is 5.91 Å². The molecule has 2 aromatic carbocycles. The average Bonchev–Trinajstić information content (AvgIpc) is 3.32. The molecule has 164 valence electrons. The monoisotopic (exact) mass is 429 g/mol. The largest absolute Gasteiger partial charge is 0.487 e. The fourth-order valence-electron chi connectivity index (χ4n) is 5.45. The van der Waals surface area contributed by atoms with E-state index in [9.17, 15) is 4.79 Å². The molecule has 1 fully saturated rings. The van der Waals surface area contributed by atoms with Gasteiger partial charge >= 0.3 is 0 Å². The van der Waals surface area contributed by atoms with Crippen molar-refractivity contribution in [3.8, 4) is 22.8 Å². The number of aromatic nitrogens is 2. The molecule has 0 aliphatic carbocycles. The summed E-state index contributed by atoms with van der Waals surface area (Å²) in [6, 6.07) is 14.0. The van der Waals surface area contributed by atoms with Crippen molar-refractivity contribution in [2.45, 2.75) is 44.3 Å². The van der Waals surface area contributed by atoms with Crippen LogP contribution >= 0.6 is 0 Å². The molecule has 3 aromatic rings. The minimum atomic E-state index is -0.445. The van der Waals surface area contributed by atoms with Gasteiger partial charge in [-0.05, 0) is 43.7 Å². The van der Waals surface area contributed by atoms with Crippen LogP contribution in [0.3, 0.4) is 0 Å². The SMILES string of the molecule is Cn1ncc2c1-c1ccccc1OC21CCN(C(=O)c2ccc3c(c2)OC(C)(C)C3)CC1. The number of ether oxygens (including phenoxy) is 2. The van der Waals surface area contributed by atoms with Crippen LogP contribution in [-0.4, -0.2) is 39.3 Å². The summed E-state index contributed by atoms with van der Waals surface area (Å²) in [5.74, 6) is 1.78. The number of hydrogen-bond acceptors (Lipinski definition) is 4. The summed E-state index contributed by atoms with van der Waals surface area (Å²) in [6.45, 7) is 5.43. The minimum absolute atomic E-state index is 0.0542. The topological polar surface area (TPSA) is 56.6 Å². The quantitative estimate of drug-likeness (QED) is 0.578. The third-order valence-corrected chi connectivity index (χ3v) is 7.05. The second-order valence-electron chi connectivity index (χ2n) is 9.78. The zero-order valence-electron chi connectivity index (χ0n) is 18.7. The summed E-state index contributed by atoms with van der Waals surface area (Å²) < 4.78 is 14.6. The smallest absolute Gasteiger partial charge is 0.253 e. The molecule has 6 rings (SSSR count). The second-order valence-corrected chi connectivity index (χ2v) is 9.78. The van der Waals surface area contributed by atoms with Gasteiger partial charge in [0.15, 0.2) is 0 Å². The highest BCUT2D eigenvalue weighted by molar-refractivity contribution is 5.95. The number of benzene rings is 2. The van der Waals surface area contributed by atoms with Crippen molar-refractivity contribution < 1.29 is 14.3 Å². The Morgan fingerprint density at radius 2 is 1.81 bits per heavy atom. The van der Waals surface area contributed by atoms with Gasteiger partial charge in [-0.15, -0.1) is 0 Å². The highest BCUT2D eigenvalue weighted by Gasteiger charge is 2.46. The van der Waals surface area contributed by atoms with E-state index < -0.39 is 5.60 Å². The first-order chi connectivity index (χ1) is 15.4. The Kier molecular flexibility index (Phi) is 4.01. The second kappa shape index (κ2) is 6.61. The molecule has 0 saturated carbocycles. The van der Waals surface area contributed by atoms with Gasteiger partial charge in [-0.25, -0.2) is 0 Å². The number of amides is 1. The van der Waals surface area contributed by atoms with E-state index in [-0.39, 0.29) is 11.5 Å². The Balaban J connectivity index is 1.25. The molecule has 32 heavy (non-hydrogen) atoms. The summed E-state index contributed by atoms with van der Waals surface area (Å²) in [7, 11) is 1.98. The van der Waals surface area contributed by atoms with Gasteiger partial charge in [0.05, 0.1) is 11.9 Å². The Labute approximate surface area is 187 Å². The lowest BCUT2D eigenvalue weighted by Gasteiger charge is -2.44. The van der Waals surface area contributed by atoms with Crippen LogP contribution in [0.15, 0.2) is 48.7 Å². The summed E-state index contributed by atoms with van der Waals surface area (Å²) in [5.41, 5.74) is 4.52. The molecule has 0 radical (unpaired) electrons. The molecular formula is C26H27N3O3. The molecule has 6 nitrogen and oxygen atoms in total. The molecule has 6 heteroatoms. The first kappa shape index (κ1) is 19.4. The van der Waals surface area contributed by atoms with Crippen LogP contribution < -0.4 is 9.47 Å². The number of fused-ring (bicyclic) bond motifs is 5. The number of hydrogen-bond donors (Lipinski definition) is 0. The third kappa shape index (κ3) is 2.85. The Morgan fingerprint density at radius 3 is 2.62 bits per heavy atom. The zero-order valence-corrected chi connectivity index (χ0v) is 18.7. The number of aryl methyl sites for hydroxylation is 1. The number of para-hydroxylation sites is 1. The van der Waals surface area contributed by atoms with E-state index in [2.05, 4.69) is 25.0 Å². The Hall–Kier alpha value is -3.28. The standard InChI is InChI=1S/C26H27N3O3/c1-25(2)15-18-9-8-17(14-22(18)31-25)24(30)29-12-10-26(11-13-29)20-16-27-28(3)23(20)19-6-4-5-7-21(19)32-26/h4-9,14,16H,10-13,15H2,1-3H3. The maximum atomic E-state index is 13.3. The highest BCUT2D eigenvalue weighted by atomic mass is 16.5. The molecule has 3 aliphatic rings. The summed E-state index contributed by atoms with van der Waals surface area (Å²) in [5, 5.41) is 4.54. The van der Waals surface area contributed by atoms with Crippen molar-refractivity contribution in [3.63, 3.8) is 0 Å². The highest BCUT2D eigenvalue weighted by Crippen LogP contribution is 2.49. The molecule has 1 amide bonds. The van der Waals surface area contributed by atoms with Crippen molar-refractivity contribution in [2.24, 2.45) is 7.05 Å². The third-order valence-electron chi connectivity index (χ3n) is 7.05. The number of carbonyl (C=O) groups excluding carboxylic acids is 1. The molecule has 1 saturated heterocycles. The molecule has 4 heterocycles. The molecule has 0 N–H and O–H groups in total. The van der Waals surface area contributed by atoms with Crippen LogP contribution in [0, 0.1) is 0 Å². The fourth-order valence-corrected chi connectivity index (χ4v) is 5.45. The van der Waals surface area contributed by atoms with Crippen molar-refractivity contribution in [2.75, 3.05) is 13.1 Å². The maximum Gasteiger partial charge on any atom is 0.253 e. The van der Waals surface area contributed by atoms with E-state index in [1.54, 1.807) is 0 Å². The fraction of sp³-hybridized carbons (Fsp3) is 0.385. The normalized spacial score (nSPS) is 19.5. The number of rotatable bonds is 1. The Bertz CT molecular complexity index is 1230. The summed E-state index contributed by atoms with van der Waals surface area (Å²) >= 11 is 0. The van der Waals surface area contributed by atoms with Gasteiger partial charge in [0.2, 0.25) is 0 Å². The van der Waals surface area contributed by atoms with Gasteiger partial charge in [0.1, 0.15) is 22.7 Å². The predicted octanol–water partition coefficient (Wildman–Crippen LogP) is 4.32. The molecule has 0 unspecified atom stereocenters. The van der Waals surface area contributed by atoms with E-state index in [0.717, 1.165) is 47.6 Å². The number of likely N-dealkylation sites (tertiary alicyclic amines) is 1. The number of nitrogens with zero attached hydrogens (tertiary/aromatic N) is 3. The maximum absolute atomic E-state index is 13.3. The van der Waals surface area contributed by atoms with Gasteiger partial charge in [-0.3, -0.25) is 9.48 Å². The van der Waals surface area contributed by atoms with Crippen LogP contribution in [-0.2, 0) is 19.1 Å². The lowest BCUT2D eigenvalue weighted by molar-refractivity contribution is -0.00174. The Morgan fingerprint density at radius 1 is 1.03 bits per heavy atom. The van der Waals surface area contributed by atoms with Crippen LogP contribution in [0.4, 0.5) is 0 Å². The van der Waals surface area contributed by atoms with E-state index in [1.165, 1.54) is 5.56 Å². The van der Waals surface area contributed by atoms with Crippen molar-refractivity contribution in [1.82, 2.24) is 14.7 Å².